The highest BCUT2D eigenvalue weighted by atomic mass is 35.5. The molecule has 0 atom stereocenters. The van der Waals surface area contributed by atoms with Gasteiger partial charge in [0.1, 0.15) is 0 Å². The molecule has 10 heteroatoms. The molecular formula is C13H15ClN8O. The van der Waals surface area contributed by atoms with Gasteiger partial charge in [0.2, 0.25) is 11.8 Å². The minimum absolute atomic E-state index is 0. The largest absolute Gasteiger partial charge is 0.461 e. The van der Waals surface area contributed by atoms with Gasteiger partial charge in [0.25, 0.3) is 0 Å². The van der Waals surface area contributed by atoms with Gasteiger partial charge in [-0.15, -0.1) is 17.5 Å². The van der Waals surface area contributed by atoms with E-state index in [0.717, 1.165) is 5.39 Å². The van der Waals surface area contributed by atoms with E-state index in [9.17, 15) is 0 Å². The number of halogens is 1. The van der Waals surface area contributed by atoms with Crippen molar-refractivity contribution in [3.05, 3.63) is 24.6 Å². The maximum atomic E-state index is 5.55. The summed E-state index contributed by atoms with van der Waals surface area (Å²) in [5.41, 5.74) is 6.82. The maximum Gasteiger partial charge on any atom is 0.228 e. The Kier molecular flexibility index (Phi) is 3.89. The molecule has 120 valence electrons. The highest BCUT2D eigenvalue weighted by Crippen LogP contribution is 2.23. The number of hydrogen-bond donors (Lipinski definition) is 2. The SMILES string of the molecule is Cl.Cn1cc2c(nc(NCCN)n3nc(-c4ccco4)nc23)n1. The molecule has 4 aromatic heterocycles. The van der Waals surface area contributed by atoms with Crippen LogP contribution in [0.15, 0.2) is 29.0 Å². The molecule has 0 radical (unpaired) electrons. The molecule has 0 fully saturated rings. The Morgan fingerprint density at radius 2 is 2.17 bits per heavy atom. The summed E-state index contributed by atoms with van der Waals surface area (Å²) in [6.45, 7) is 1.07. The fraction of sp³-hybridized carbons (Fsp3) is 0.231. The van der Waals surface area contributed by atoms with Gasteiger partial charge in [0.15, 0.2) is 17.1 Å². The average Bonchev–Trinajstić information content (AvgIpc) is 3.21. The third kappa shape index (κ3) is 2.49. The Balaban J connectivity index is 0.00000156. The lowest BCUT2D eigenvalue weighted by molar-refractivity contribution is 0.577. The molecule has 4 heterocycles. The van der Waals surface area contributed by atoms with E-state index in [0.29, 0.717) is 41.9 Å². The van der Waals surface area contributed by atoms with Gasteiger partial charge >= 0.3 is 0 Å². The van der Waals surface area contributed by atoms with Crippen molar-refractivity contribution in [2.24, 2.45) is 12.8 Å². The van der Waals surface area contributed by atoms with Crippen LogP contribution >= 0.6 is 12.4 Å². The summed E-state index contributed by atoms with van der Waals surface area (Å²) in [6.07, 6.45) is 3.46. The number of anilines is 1. The Morgan fingerprint density at radius 1 is 1.30 bits per heavy atom. The van der Waals surface area contributed by atoms with E-state index in [1.165, 1.54) is 0 Å². The Hall–Kier alpha value is -2.65. The molecule has 3 N–H and O–H groups in total. The number of nitrogens with zero attached hydrogens (tertiary/aromatic N) is 6. The molecule has 0 bridgehead atoms. The van der Waals surface area contributed by atoms with Crippen LogP contribution in [0, 0.1) is 0 Å². The van der Waals surface area contributed by atoms with Crippen molar-refractivity contribution in [2.75, 3.05) is 18.4 Å². The second-order valence-corrected chi connectivity index (χ2v) is 4.84. The molecule has 4 rings (SSSR count). The molecule has 0 aliphatic heterocycles. The first-order valence-corrected chi connectivity index (χ1v) is 6.84. The van der Waals surface area contributed by atoms with E-state index in [1.807, 2.05) is 19.3 Å². The van der Waals surface area contributed by atoms with Crippen LogP contribution in [-0.2, 0) is 7.05 Å². The summed E-state index contributed by atoms with van der Waals surface area (Å²) in [5.74, 6) is 1.65. The molecule has 23 heavy (non-hydrogen) atoms. The molecule has 0 aromatic carbocycles. The quantitative estimate of drug-likeness (QED) is 0.574. The maximum absolute atomic E-state index is 5.55. The number of aromatic nitrogens is 6. The molecule has 0 saturated heterocycles. The average molecular weight is 335 g/mol. The zero-order chi connectivity index (χ0) is 15.1. The zero-order valence-corrected chi connectivity index (χ0v) is 13.1. The minimum Gasteiger partial charge on any atom is -0.461 e. The van der Waals surface area contributed by atoms with Gasteiger partial charge in [-0.2, -0.15) is 14.6 Å². The molecule has 0 aliphatic carbocycles. The summed E-state index contributed by atoms with van der Waals surface area (Å²) in [7, 11) is 1.84. The Morgan fingerprint density at radius 3 is 2.91 bits per heavy atom. The third-order valence-corrected chi connectivity index (χ3v) is 3.24. The van der Waals surface area contributed by atoms with Crippen LogP contribution in [0.1, 0.15) is 0 Å². The smallest absolute Gasteiger partial charge is 0.228 e. The first-order chi connectivity index (χ1) is 10.8. The highest BCUT2D eigenvalue weighted by Gasteiger charge is 2.17. The van der Waals surface area contributed by atoms with Crippen molar-refractivity contribution >= 4 is 35.0 Å². The molecule has 9 nitrogen and oxygen atoms in total. The van der Waals surface area contributed by atoms with Gasteiger partial charge < -0.3 is 15.5 Å². The van der Waals surface area contributed by atoms with Gasteiger partial charge in [-0.25, -0.2) is 4.98 Å². The van der Waals surface area contributed by atoms with Crippen LogP contribution in [0.3, 0.4) is 0 Å². The van der Waals surface area contributed by atoms with E-state index in [2.05, 4.69) is 25.5 Å². The second-order valence-electron chi connectivity index (χ2n) is 4.84. The highest BCUT2D eigenvalue weighted by molar-refractivity contribution is 5.90. The first-order valence-electron chi connectivity index (χ1n) is 6.84. The summed E-state index contributed by atoms with van der Waals surface area (Å²) in [5, 5.41) is 12.8. The number of hydrogen-bond acceptors (Lipinski definition) is 7. The van der Waals surface area contributed by atoms with Crippen molar-refractivity contribution in [1.29, 1.82) is 0 Å². The number of nitrogens with one attached hydrogen (secondary N) is 1. The molecule has 0 spiro atoms. The lowest BCUT2D eigenvalue weighted by Gasteiger charge is -2.04. The van der Waals surface area contributed by atoms with Gasteiger partial charge in [0, 0.05) is 26.3 Å². The monoisotopic (exact) mass is 334 g/mol. The summed E-state index contributed by atoms with van der Waals surface area (Å²) in [6, 6.07) is 3.61. The van der Waals surface area contributed by atoms with Crippen molar-refractivity contribution in [3.8, 4) is 11.6 Å². The molecule has 0 amide bonds. The van der Waals surface area contributed by atoms with Crippen LogP contribution < -0.4 is 11.1 Å². The van der Waals surface area contributed by atoms with Gasteiger partial charge in [-0.05, 0) is 12.1 Å². The van der Waals surface area contributed by atoms with E-state index in [1.54, 1.807) is 21.5 Å². The van der Waals surface area contributed by atoms with Gasteiger partial charge in [-0.1, -0.05) is 0 Å². The molecule has 0 aliphatic rings. The lowest BCUT2D eigenvalue weighted by atomic mass is 10.4. The second kappa shape index (κ2) is 5.86. The van der Waals surface area contributed by atoms with Gasteiger partial charge in [-0.3, -0.25) is 4.68 Å². The van der Waals surface area contributed by atoms with Crippen molar-refractivity contribution in [1.82, 2.24) is 29.4 Å². The molecule has 4 aromatic rings. The standard InChI is InChI=1S/C13H14N8O.ClH/c1-20-7-8-10(18-20)17-13(15-5-4-14)21-12(8)16-11(19-21)9-3-2-6-22-9;/h2-3,6-7H,4-5,14H2,1H3,(H,15,17,18);1H. The van der Waals surface area contributed by atoms with Crippen LogP contribution in [0.5, 0.6) is 0 Å². The normalized spacial score (nSPS) is 11.0. The van der Waals surface area contributed by atoms with Crippen LogP contribution in [0.2, 0.25) is 0 Å². The fourth-order valence-electron chi connectivity index (χ4n) is 2.31. The van der Waals surface area contributed by atoms with Crippen molar-refractivity contribution in [2.45, 2.75) is 0 Å². The van der Waals surface area contributed by atoms with Crippen molar-refractivity contribution < 1.29 is 4.42 Å². The van der Waals surface area contributed by atoms with Crippen LogP contribution in [-0.4, -0.2) is 42.5 Å². The number of nitrogens with two attached hydrogens (primary N) is 1. The number of rotatable bonds is 4. The fourth-order valence-corrected chi connectivity index (χ4v) is 2.31. The van der Waals surface area contributed by atoms with Crippen molar-refractivity contribution in [3.63, 3.8) is 0 Å². The third-order valence-electron chi connectivity index (χ3n) is 3.24. The Bertz CT molecular complexity index is 942. The number of fused-ring (bicyclic) bond motifs is 3. The van der Waals surface area contributed by atoms with E-state index < -0.39 is 0 Å². The summed E-state index contributed by atoms with van der Waals surface area (Å²) < 4.78 is 8.72. The predicted molar refractivity (Wildman–Crippen MR) is 87.5 cm³/mol. The summed E-state index contributed by atoms with van der Waals surface area (Å²) in [4.78, 5) is 9.05. The minimum atomic E-state index is 0. The van der Waals surface area contributed by atoms with E-state index >= 15 is 0 Å². The summed E-state index contributed by atoms with van der Waals surface area (Å²) >= 11 is 0. The molecule has 0 unspecified atom stereocenters. The molecular weight excluding hydrogens is 320 g/mol. The predicted octanol–water partition coefficient (Wildman–Crippen LogP) is 1.06. The number of aryl methyl sites for hydroxylation is 1. The van der Waals surface area contributed by atoms with Crippen LogP contribution in [0.4, 0.5) is 5.95 Å². The molecule has 0 saturated carbocycles. The van der Waals surface area contributed by atoms with E-state index in [4.69, 9.17) is 10.2 Å². The topological polar surface area (TPSA) is 112 Å². The van der Waals surface area contributed by atoms with Crippen LogP contribution in [0.25, 0.3) is 28.3 Å². The first kappa shape index (κ1) is 15.3. The Labute approximate surface area is 136 Å². The lowest BCUT2D eigenvalue weighted by Crippen LogP contribution is -2.16. The number of furan rings is 1. The van der Waals surface area contributed by atoms with E-state index in [-0.39, 0.29) is 12.4 Å². The van der Waals surface area contributed by atoms with Gasteiger partial charge in [0.05, 0.1) is 11.6 Å². The zero-order valence-electron chi connectivity index (χ0n) is 12.3.